The minimum atomic E-state index is -0.460. The lowest BCUT2D eigenvalue weighted by atomic mass is 10.2. The van der Waals surface area contributed by atoms with Crippen LogP contribution >= 0.6 is 34.7 Å². The van der Waals surface area contributed by atoms with Gasteiger partial charge < -0.3 is 16.0 Å². The Hall–Kier alpha value is -3.85. The molecule has 37 heavy (non-hydrogen) atoms. The molecule has 0 fully saturated rings. The fourth-order valence-electron chi connectivity index (χ4n) is 3.21. The number of anilines is 2. The molecule has 9 heteroatoms. The molecule has 0 radical (unpaired) electrons. The Morgan fingerprint density at radius 1 is 0.865 bits per heavy atom. The lowest BCUT2D eigenvalue weighted by molar-refractivity contribution is -0.114. The monoisotopic (exact) mass is 547 g/mol. The van der Waals surface area contributed by atoms with Crippen LogP contribution in [-0.2, 0) is 9.59 Å². The first-order valence-electron chi connectivity index (χ1n) is 11.2. The Kier molecular flexibility index (Phi) is 9.15. The molecule has 3 N–H and O–H groups in total. The van der Waals surface area contributed by atoms with Crippen LogP contribution in [0, 0.1) is 0 Å². The summed E-state index contributed by atoms with van der Waals surface area (Å²) in [5.74, 6) is -0.811. The Morgan fingerprint density at radius 2 is 1.65 bits per heavy atom. The molecule has 3 amide bonds. The van der Waals surface area contributed by atoms with Crippen molar-refractivity contribution in [3.05, 3.63) is 118 Å². The van der Waals surface area contributed by atoms with Gasteiger partial charge in [-0.1, -0.05) is 35.9 Å². The van der Waals surface area contributed by atoms with E-state index in [1.54, 1.807) is 72.8 Å². The summed E-state index contributed by atoms with van der Waals surface area (Å²) >= 11 is 8.71. The molecule has 6 nitrogen and oxygen atoms in total. The topological polar surface area (TPSA) is 87.3 Å². The zero-order valence-corrected chi connectivity index (χ0v) is 21.8. The molecule has 0 saturated heterocycles. The fourth-order valence-corrected chi connectivity index (χ4v) is 4.71. The van der Waals surface area contributed by atoms with E-state index in [4.69, 9.17) is 11.6 Å². The molecule has 0 saturated carbocycles. The fraction of sp³-hybridized carbons (Fsp3) is 0.0357. The lowest BCUT2D eigenvalue weighted by Crippen LogP contribution is -2.30. The average molecular weight is 548 g/mol. The largest absolute Gasteiger partial charge is 0.325 e. The molecule has 0 spiro atoms. The van der Waals surface area contributed by atoms with E-state index in [0.717, 1.165) is 10.5 Å². The van der Waals surface area contributed by atoms with Crippen molar-refractivity contribution in [3.63, 3.8) is 0 Å². The highest BCUT2D eigenvalue weighted by molar-refractivity contribution is 8.00. The van der Waals surface area contributed by atoms with Gasteiger partial charge in [0.05, 0.1) is 5.75 Å². The number of hydrogen-bond donors (Lipinski definition) is 3. The molecule has 0 unspecified atom stereocenters. The molecule has 1 aromatic heterocycles. The van der Waals surface area contributed by atoms with Crippen molar-refractivity contribution in [2.45, 2.75) is 4.90 Å². The Balaban J connectivity index is 1.40. The van der Waals surface area contributed by atoms with Gasteiger partial charge >= 0.3 is 0 Å². The van der Waals surface area contributed by atoms with E-state index < -0.39 is 5.91 Å². The molecule has 0 atom stereocenters. The van der Waals surface area contributed by atoms with Crippen molar-refractivity contribution < 1.29 is 14.4 Å². The van der Waals surface area contributed by atoms with Crippen LogP contribution in [0.2, 0.25) is 5.02 Å². The van der Waals surface area contributed by atoms with E-state index in [0.29, 0.717) is 22.0 Å². The molecule has 3 aromatic carbocycles. The Bertz CT molecular complexity index is 1410. The van der Waals surface area contributed by atoms with Gasteiger partial charge in [0, 0.05) is 26.9 Å². The summed E-state index contributed by atoms with van der Waals surface area (Å²) in [5, 5.41) is 12.8. The predicted octanol–water partition coefficient (Wildman–Crippen LogP) is 6.54. The molecule has 4 rings (SSSR count). The van der Waals surface area contributed by atoms with E-state index in [2.05, 4.69) is 16.0 Å². The molecule has 0 aliphatic rings. The Labute approximate surface area is 227 Å². The summed E-state index contributed by atoms with van der Waals surface area (Å²) in [6.45, 7) is 0. The first kappa shape index (κ1) is 26.2. The summed E-state index contributed by atoms with van der Waals surface area (Å²) in [6.07, 6.45) is 1.63. The van der Waals surface area contributed by atoms with Crippen LogP contribution in [0.1, 0.15) is 15.9 Å². The second kappa shape index (κ2) is 12.9. The van der Waals surface area contributed by atoms with Crippen LogP contribution in [0.25, 0.3) is 6.08 Å². The zero-order valence-electron chi connectivity index (χ0n) is 19.4. The molecule has 0 aliphatic carbocycles. The van der Waals surface area contributed by atoms with Gasteiger partial charge in [-0.25, -0.2) is 0 Å². The minimum absolute atomic E-state index is 0.118. The number of halogens is 1. The van der Waals surface area contributed by atoms with Gasteiger partial charge in [0.15, 0.2) is 0 Å². The van der Waals surface area contributed by atoms with Crippen molar-refractivity contribution in [1.29, 1.82) is 0 Å². The number of carbonyl (C=O) groups is 3. The van der Waals surface area contributed by atoms with Gasteiger partial charge in [-0.15, -0.1) is 11.8 Å². The summed E-state index contributed by atoms with van der Waals surface area (Å²) in [7, 11) is 0. The maximum absolute atomic E-state index is 13.1. The quantitative estimate of drug-likeness (QED) is 0.164. The highest BCUT2D eigenvalue weighted by Crippen LogP contribution is 2.23. The number of nitrogens with one attached hydrogen (secondary N) is 3. The first-order valence-corrected chi connectivity index (χ1v) is 13.5. The van der Waals surface area contributed by atoms with Crippen molar-refractivity contribution in [2.24, 2.45) is 0 Å². The van der Waals surface area contributed by atoms with E-state index in [1.165, 1.54) is 23.1 Å². The molecular weight excluding hydrogens is 526 g/mol. The molecule has 1 heterocycles. The Morgan fingerprint density at radius 3 is 2.38 bits per heavy atom. The highest BCUT2D eigenvalue weighted by Gasteiger charge is 2.15. The number of thiophene rings is 1. The van der Waals surface area contributed by atoms with E-state index >= 15 is 0 Å². The predicted molar refractivity (Wildman–Crippen MR) is 152 cm³/mol. The van der Waals surface area contributed by atoms with Crippen LogP contribution in [-0.4, -0.2) is 23.5 Å². The van der Waals surface area contributed by atoms with Crippen LogP contribution < -0.4 is 16.0 Å². The maximum atomic E-state index is 13.1. The van der Waals surface area contributed by atoms with Crippen molar-refractivity contribution >= 4 is 69.9 Å². The van der Waals surface area contributed by atoms with Gasteiger partial charge in [-0.05, 0) is 83.1 Å². The maximum Gasteiger partial charge on any atom is 0.272 e. The molecular formula is C28H22ClN3O3S2. The second-order valence-electron chi connectivity index (χ2n) is 7.76. The van der Waals surface area contributed by atoms with Crippen molar-refractivity contribution in [3.8, 4) is 0 Å². The zero-order chi connectivity index (χ0) is 26.0. The van der Waals surface area contributed by atoms with E-state index in [1.807, 2.05) is 29.0 Å². The van der Waals surface area contributed by atoms with Gasteiger partial charge in [-0.3, -0.25) is 14.4 Å². The third kappa shape index (κ3) is 8.08. The van der Waals surface area contributed by atoms with Gasteiger partial charge in [-0.2, -0.15) is 11.3 Å². The normalized spacial score (nSPS) is 11.0. The molecule has 0 bridgehead atoms. The number of thioether (sulfide) groups is 1. The lowest BCUT2D eigenvalue weighted by Gasteiger charge is -2.12. The second-order valence-corrected chi connectivity index (χ2v) is 10.0. The van der Waals surface area contributed by atoms with E-state index in [-0.39, 0.29) is 23.3 Å². The van der Waals surface area contributed by atoms with Gasteiger partial charge in [0.1, 0.15) is 5.70 Å². The number of hydrogen-bond acceptors (Lipinski definition) is 5. The standard InChI is InChI=1S/C28H22ClN3O3S2/c29-21-9-11-22(12-10-21)30-26(33)18-37-24-8-4-7-23(16-24)31-28(35)25(15-19-13-14-36-17-19)32-27(34)20-5-2-1-3-6-20/h1-17H,18H2,(H,30,33)(H,31,35)(H,32,34)/b25-15-. The van der Waals surface area contributed by atoms with Crippen LogP contribution in [0.5, 0.6) is 0 Å². The van der Waals surface area contributed by atoms with Crippen molar-refractivity contribution in [2.75, 3.05) is 16.4 Å². The molecule has 186 valence electrons. The number of benzene rings is 3. The summed E-state index contributed by atoms with van der Waals surface area (Å²) in [4.78, 5) is 39.0. The molecule has 4 aromatic rings. The number of amides is 3. The van der Waals surface area contributed by atoms with Crippen LogP contribution in [0.3, 0.4) is 0 Å². The number of carbonyl (C=O) groups excluding carboxylic acids is 3. The van der Waals surface area contributed by atoms with Crippen LogP contribution in [0.15, 0.2) is 106 Å². The number of rotatable bonds is 9. The van der Waals surface area contributed by atoms with E-state index in [9.17, 15) is 14.4 Å². The van der Waals surface area contributed by atoms with Crippen LogP contribution in [0.4, 0.5) is 11.4 Å². The smallest absolute Gasteiger partial charge is 0.272 e. The summed E-state index contributed by atoms with van der Waals surface area (Å²) in [6, 6.07) is 24.6. The SMILES string of the molecule is O=C(CSc1cccc(NC(=O)/C(=C/c2ccsc2)NC(=O)c2ccccc2)c1)Nc1ccc(Cl)cc1. The molecule has 0 aliphatic heterocycles. The summed E-state index contributed by atoms with van der Waals surface area (Å²) in [5.41, 5.74) is 2.57. The van der Waals surface area contributed by atoms with Crippen molar-refractivity contribution in [1.82, 2.24) is 5.32 Å². The highest BCUT2D eigenvalue weighted by atomic mass is 35.5. The van der Waals surface area contributed by atoms with Gasteiger partial charge in [0.25, 0.3) is 11.8 Å². The first-order chi connectivity index (χ1) is 18.0. The third-order valence-corrected chi connectivity index (χ3v) is 6.92. The minimum Gasteiger partial charge on any atom is -0.325 e. The van der Waals surface area contributed by atoms with Gasteiger partial charge in [0.2, 0.25) is 5.91 Å². The summed E-state index contributed by atoms with van der Waals surface area (Å²) < 4.78 is 0. The third-order valence-electron chi connectivity index (χ3n) is 4.97. The average Bonchev–Trinajstić information content (AvgIpc) is 3.42.